The molecule has 1 saturated heterocycles. The second kappa shape index (κ2) is 11.5. The van der Waals surface area contributed by atoms with Crippen LogP contribution in [0.2, 0.25) is 10.0 Å². The molecule has 1 aromatic carbocycles. The van der Waals surface area contributed by atoms with Gasteiger partial charge in [-0.3, -0.25) is 14.5 Å². The number of aromatic nitrogens is 1. The summed E-state index contributed by atoms with van der Waals surface area (Å²) in [7, 11) is 0. The lowest BCUT2D eigenvalue weighted by Crippen LogP contribution is -2.47. The van der Waals surface area contributed by atoms with Crippen molar-refractivity contribution in [1.29, 1.82) is 0 Å². The highest BCUT2D eigenvalue weighted by Crippen LogP contribution is 2.27. The van der Waals surface area contributed by atoms with Gasteiger partial charge in [-0.1, -0.05) is 41.0 Å². The number of carbonyl (C=O) groups is 2. The number of hydrogen-bond acceptors (Lipinski definition) is 7. The van der Waals surface area contributed by atoms with Crippen LogP contribution in [0.15, 0.2) is 22.5 Å². The maximum absolute atomic E-state index is 12.2. The SMILES string of the molecule is Cc1nc(SCC(=O)NC[C@H]2CN(Cc3ccc(Cl)c(Cl)c3)CCO2)sc1CC(=O)O. The second-order valence-electron chi connectivity index (χ2n) is 7.13. The Morgan fingerprint density at radius 1 is 1.39 bits per heavy atom. The molecule has 7 nitrogen and oxygen atoms in total. The number of aryl methyl sites for hydroxylation is 1. The van der Waals surface area contributed by atoms with Crippen molar-refractivity contribution in [3.63, 3.8) is 0 Å². The van der Waals surface area contributed by atoms with E-state index in [1.54, 1.807) is 13.0 Å². The van der Waals surface area contributed by atoms with E-state index in [9.17, 15) is 9.59 Å². The van der Waals surface area contributed by atoms with Crippen LogP contribution in [0.1, 0.15) is 16.1 Å². The maximum atomic E-state index is 12.2. The quantitative estimate of drug-likeness (QED) is 0.505. The Labute approximate surface area is 199 Å². The first kappa shape index (κ1) is 24.3. The van der Waals surface area contributed by atoms with E-state index < -0.39 is 5.97 Å². The fourth-order valence-corrected chi connectivity index (χ4v) is 5.49. The molecule has 0 bridgehead atoms. The molecule has 1 amide bonds. The number of thioether (sulfide) groups is 1. The van der Waals surface area contributed by atoms with Gasteiger partial charge < -0.3 is 15.2 Å². The molecule has 168 valence electrons. The first-order valence-corrected chi connectivity index (χ1v) is 12.2. The van der Waals surface area contributed by atoms with Crippen LogP contribution >= 0.6 is 46.3 Å². The molecule has 1 aliphatic rings. The molecular weight excluding hydrogens is 481 g/mol. The minimum Gasteiger partial charge on any atom is -0.481 e. The third-order valence-corrected chi connectivity index (χ3v) is 7.69. The lowest BCUT2D eigenvalue weighted by atomic mass is 10.2. The number of morpholine rings is 1. The van der Waals surface area contributed by atoms with Crippen LogP contribution in [0.5, 0.6) is 0 Å². The van der Waals surface area contributed by atoms with Gasteiger partial charge in [-0.15, -0.1) is 11.3 Å². The van der Waals surface area contributed by atoms with Crippen LogP contribution in [-0.2, 0) is 27.3 Å². The minimum absolute atomic E-state index is 0.0476. The number of thiazole rings is 1. The van der Waals surface area contributed by atoms with Crippen molar-refractivity contribution in [3.8, 4) is 0 Å². The fraction of sp³-hybridized carbons (Fsp3) is 0.450. The molecular formula is C20H23Cl2N3O4S2. The summed E-state index contributed by atoms with van der Waals surface area (Å²) in [5.41, 5.74) is 1.78. The second-order valence-corrected chi connectivity index (χ2v) is 10.2. The zero-order chi connectivity index (χ0) is 22.4. The Morgan fingerprint density at radius 3 is 2.94 bits per heavy atom. The smallest absolute Gasteiger partial charge is 0.308 e. The van der Waals surface area contributed by atoms with E-state index in [1.165, 1.54) is 23.1 Å². The molecule has 3 rings (SSSR count). The standard InChI is InChI=1S/C20H23Cl2N3O4S2/c1-12-17(7-19(27)28)31-20(24-12)30-11-18(26)23-8-14-10-25(4-5-29-14)9-13-2-3-15(21)16(22)6-13/h2-3,6,14H,4-5,7-11H2,1H3,(H,23,26)(H,27,28)/t14-/m0/s1. The number of benzene rings is 1. The Bertz CT molecular complexity index is 941. The molecule has 0 spiro atoms. The van der Waals surface area contributed by atoms with Crippen LogP contribution in [0.4, 0.5) is 0 Å². The average Bonchev–Trinajstić information content (AvgIpc) is 3.06. The summed E-state index contributed by atoms with van der Waals surface area (Å²) < 4.78 is 6.48. The van der Waals surface area contributed by atoms with Crippen molar-refractivity contribution in [2.24, 2.45) is 0 Å². The third kappa shape index (κ3) is 7.62. The molecule has 0 unspecified atom stereocenters. The average molecular weight is 504 g/mol. The summed E-state index contributed by atoms with van der Waals surface area (Å²) in [6, 6.07) is 5.62. The van der Waals surface area contributed by atoms with E-state index >= 15 is 0 Å². The largest absolute Gasteiger partial charge is 0.481 e. The number of halogens is 2. The van der Waals surface area contributed by atoms with Crippen molar-refractivity contribution in [3.05, 3.63) is 44.4 Å². The van der Waals surface area contributed by atoms with Crippen molar-refractivity contribution in [2.45, 2.75) is 30.3 Å². The van der Waals surface area contributed by atoms with Crippen LogP contribution < -0.4 is 5.32 Å². The number of amides is 1. The van der Waals surface area contributed by atoms with Crippen LogP contribution in [0.25, 0.3) is 0 Å². The van der Waals surface area contributed by atoms with Gasteiger partial charge in [0.25, 0.3) is 0 Å². The van der Waals surface area contributed by atoms with Crippen molar-refractivity contribution >= 4 is 58.2 Å². The molecule has 0 aliphatic carbocycles. The van der Waals surface area contributed by atoms with E-state index in [-0.39, 0.29) is 24.2 Å². The summed E-state index contributed by atoms with van der Waals surface area (Å²) in [4.78, 5) is 30.4. The lowest BCUT2D eigenvalue weighted by Gasteiger charge is -2.33. The number of aliphatic carboxylic acids is 1. The van der Waals surface area contributed by atoms with Crippen molar-refractivity contribution in [1.82, 2.24) is 15.2 Å². The summed E-state index contributed by atoms with van der Waals surface area (Å²) in [6.45, 7) is 5.06. The van der Waals surface area contributed by atoms with Gasteiger partial charge in [0.15, 0.2) is 4.34 Å². The zero-order valence-corrected chi connectivity index (χ0v) is 20.0. The Balaban J connectivity index is 1.41. The normalized spacial score (nSPS) is 16.9. The number of hydrogen-bond donors (Lipinski definition) is 2. The number of nitrogens with one attached hydrogen (secondary N) is 1. The molecule has 1 fully saturated rings. The van der Waals surface area contributed by atoms with E-state index in [1.807, 2.05) is 12.1 Å². The first-order chi connectivity index (χ1) is 14.8. The molecule has 31 heavy (non-hydrogen) atoms. The molecule has 1 aromatic heterocycles. The molecule has 2 aromatic rings. The third-order valence-electron chi connectivity index (χ3n) is 4.65. The molecule has 2 heterocycles. The van der Waals surface area contributed by atoms with Gasteiger partial charge >= 0.3 is 5.97 Å². The van der Waals surface area contributed by atoms with Gasteiger partial charge in [-0.2, -0.15) is 0 Å². The molecule has 1 aliphatic heterocycles. The van der Waals surface area contributed by atoms with Gasteiger partial charge in [0.05, 0.1) is 40.6 Å². The summed E-state index contributed by atoms with van der Waals surface area (Å²) >= 11 is 14.7. The fourth-order valence-electron chi connectivity index (χ4n) is 3.11. The Hall–Kier alpha value is -1.36. The van der Waals surface area contributed by atoms with E-state index in [4.69, 9.17) is 33.0 Å². The molecule has 1 atom stereocenters. The Kier molecular flexibility index (Phi) is 9.00. The predicted molar refractivity (Wildman–Crippen MR) is 123 cm³/mol. The van der Waals surface area contributed by atoms with Crippen LogP contribution in [-0.4, -0.2) is 65.0 Å². The monoisotopic (exact) mass is 503 g/mol. The maximum Gasteiger partial charge on any atom is 0.308 e. The number of rotatable bonds is 9. The van der Waals surface area contributed by atoms with Crippen molar-refractivity contribution < 1.29 is 19.4 Å². The highest BCUT2D eigenvalue weighted by atomic mass is 35.5. The van der Waals surface area contributed by atoms with Gasteiger partial charge in [-0.25, -0.2) is 4.98 Å². The van der Waals surface area contributed by atoms with Gasteiger partial charge in [0.1, 0.15) is 0 Å². The number of nitrogens with zero attached hydrogens (tertiary/aromatic N) is 2. The highest BCUT2D eigenvalue weighted by molar-refractivity contribution is 8.01. The number of carboxylic acid groups (broad SMARTS) is 1. The number of ether oxygens (including phenoxy) is 1. The van der Waals surface area contributed by atoms with Crippen molar-refractivity contribution in [2.75, 3.05) is 32.0 Å². The van der Waals surface area contributed by atoms with Gasteiger partial charge in [-0.05, 0) is 24.6 Å². The summed E-state index contributed by atoms with van der Waals surface area (Å²) in [6.07, 6.45) is -0.136. The minimum atomic E-state index is -0.887. The molecule has 0 saturated carbocycles. The number of carboxylic acids is 1. The molecule has 2 N–H and O–H groups in total. The molecule has 0 radical (unpaired) electrons. The van der Waals surface area contributed by atoms with E-state index in [2.05, 4.69) is 15.2 Å². The first-order valence-electron chi connectivity index (χ1n) is 9.65. The molecule has 11 heteroatoms. The summed E-state index contributed by atoms with van der Waals surface area (Å²) in [5.74, 6) is -0.774. The topological polar surface area (TPSA) is 91.8 Å². The lowest BCUT2D eigenvalue weighted by molar-refractivity contribution is -0.136. The summed E-state index contributed by atoms with van der Waals surface area (Å²) in [5, 5.41) is 12.9. The van der Waals surface area contributed by atoms with E-state index in [0.717, 1.165) is 18.7 Å². The number of carbonyl (C=O) groups excluding carboxylic acids is 1. The van der Waals surface area contributed by atoms with E-state index in [0.29, 0.717) is 44.7 Å². The van der Waals surface area contributed by atoms with Crippen LogP contribution in [0.3, 0.4) is 0 Å². The van der Waals surface area contributed by atoms with Crippen LogP contribution in [0, 0.1) is 6.92 Å². The predicted octanol–water partition coefficient (Wildman–Crippen LogP) is 3.49. The highest BCUT2D eigenvalue weighted by Gasteiger charge is 2.21. The zero-order valence-electron chi connectivity index (χ0n) is 16.9. The van der Waals surface area contributed by atoms with Gasteiger partial charge in [0, 0.05) is 31.1 Å². The van der Waals surface area contributed by atoms with Gasteiger partial charge in [0.2, 0.25) is 5.91 Å². The Morgan fingerprint density at radius 2 is 2.19 bits per heavy atom.